The first kappa shape index (κ1) is 12.7. The molecule has 0 spiro atoms. The number of nitrogens with zero attached hydrogens (tertiary/aromatic N) is 2. The van der Waals surface area contributed by atoms with Gasteiger partial charge in [0.2, 0.25) is 0 Å². The Balaban J connectivity index is 2.18. The predicted molar refractivity (Wildman–Crippen MR) is 83.0 cm³/mol. The van der Waals surface area contributed by atoms with Gasteiger partial charge in [0.1, 0.15) is 0 Å². The van der Waals surface area contributed by atoms with E-state index >= 15 is 0 Å². The summed E-state index contributed by atoms with van der Waals surface area (Å²) < 4.78 is 0. The minimum atomic E-state index is 0.923. The lowest BCUT2D eigenvalue weighted by atomic mass is 9.92. The first-order valence-electron chi connectivity index (χ1n) is 6.84. The fourth-order valence-corrected chi connectivity index (χ4v) is 2.59. The minimum Gasteiger partial charge on any atom is -0.374 e. The van der Waals surface area contributed by atoms with Gasteiger partial charge in [0.25, 0.3) is 0 Å². The van der Waals surface area contributed by atoms with Crippen LogP contribution >= 0.6 is 0 Å². The number of hydrogen-bond donors (Lipinski definition) is 1. The highest BCUT2D eigenvalue weighted by molar-refractivity contribution is 5.97. The van der Waals surface area contributed by atoms with E-state index in [4.69, 9.17) is 0 Å². The van der Waals surface area contributed by atoms with Gasteiger partial charge >= 0.3 is 0 Å². The molecule has 1 aromatic carbocycles. The Morgan fingerprint density at radius 1 is 1.20 bits per heavy atom. The molecule has 3 nitrogen and oxygen atoms in total. The predicted octanol–water partition coefficient (Wildman–Crippen LogP) is 3.48. The molecule has 102 valence electrons. The zero-order chi connectivity index (χ0) is 14.1. The molecule has 0 aliphatic carbocycles. The summed E-state index contributed by atoms with van der Waals surface area (Å²) in [6.07, 6.45) is 6.09. The van der Waals surface area contributed by atoms with Crippen molar-refractivity contribution in [1.29, 1.82) is 0 Å². The molecule has 0 bridgehead atoms. The summed E-state index contributed by atoms with van der Waals surface area (Å²) in [6.45, 7) is 5.20. The molecule has 1 aliphatic heterocycles. The van der Waals surface area contributed by atoms with Crippen molar-refractivity contribution in [3.63, 3.8) is 0 Å². The first-order chi connectivity index (χ1) is 9.65. The van der Waals surface area contributed by atoms with E-state index in [0.29, 0.717) is 0 Å². The molecule has 0 fully saturated rings. The second-order valence-corrected chi connectivity index (χ2v) is 5.39. The van der Waals surface area contributed by atoms with Gasteiger partial charge in [-0.05, 0) is 36.6 Å². The Bertz CT molecular complexity index is 678. The highest BCUT2D eigenvalue weighted by Gasteiger charge is 2.18. The SMILES string of the molecule is CC1=CC(c2cn[nH]c2)=C(c2cccc(C)c2)CN1C. The van der Waals surface area contributed by atoms with Gasteiger partial charge in [-0.25, -0.2) is 0 Å². The number of benzene rings is 1. The molecule has 0 radical (unpaired) electrons. The van der Waals surface area contributed by atoms with E-state index in [9.17, 15) is 0 Å². The van der Waals surface area contributed by atoms with Crippen molar-refractivity contribution in [3.8, 4) is 0 Å². The van der Waals surface area contributed by atoms with Crippen molar-refractivity contribution in [2.75, 3.05) is 13.6 Å². The van der Waals surface area contributed by atoms with Gasteiger partial charge in [0.15, 0.2) is 0 Å². The zero-order valence-corrected chi connectivity index (χ0v) is 12.1. The standard InChI is InChI=1S/C17H19N3/c1-12-5-4-6-14(7-12)17-11-20(3)13(2)8-16(17)15-9-18-19-10-15/h4-10H,11H2,1-3H3,(H,18,19). The Hall–Kier alpha value is -2.29. The van der Waals surface area contributed by atoms with Crippen LogP contribution in [0.15, 0.2) is 48.4 Å². The Morgan fingerprint density at radius 3 is 2.75 bits per heavy atom. The molecule has 1 aliphatic rings. The van der Waals surface area contributed by atoms with E-state index in [-0.39, 0.29) is 0 Å². The minimum absolute atomic E-state index is 0.923. The summed E-state index contributed by atoms with van der Waals surface area (Å²) in [7, 11) is 2.13. The lowest BCUT2D eigenvalue weighted by Crippen LogP contribution is -2.22. The second-order valence-electron chi connectivity index (χ2n) is 5.39. The van der Waals surface area contributed by atoms with E-state index in [1.807, 2.05) is 12.4 Å². The van der Waals surface area contributed by atoms with Gasteiger partial charge in [-0.1, -0.05) is 29.8 Å². The van der Waals surface area contributed by atoms with Gasteiger partial charge in [-0.15, -0.1) is 0 Å². The average Bonchev–Trinajstić information content (AvgIpc) is 2.95. The highest BCUT2D eigenvalue weighted by Crippen LogP contribution is 2.33. The summed E-state index contributed by atoms with van der Waals surface area (Å²) in [4.78, 5) is 2.28. The second kappa shape index (κ2) is 5.00. The zero-order valence-electron chi connectivity index (χ0n) is 12.1. The smallest absolute Gasteiger partial charge is 0.0565 e. The van der Waals surface area contributed by atoms with Crippen molar-refractivity contribution >= 4 is 11.1 Å². The molecular formula is C17H19N3. The average molecular weight is 265 g/mol. The van der Waals surface area contributed by atoms with Gasteiger partial charge in [0.05, 0.1) is 6.20 Å². The number of aromatic nitrogens is 2. The molecule has 1 aromatic heterocycles. The lowest BCUT2D eigenvalue weighted by Gasteiger charge is -2.28. The van der Waals surface area contributed by atoms with Crippen LogP contribution in [0.5, 0.6) is 0 Å². The maximum absolute atomic E-state index is 4.09. The van der Waals surface area contributed by atoms with Crippen LogP contribution in [0.2, 0.25) is 0 Å². The van der Waals surface area contributed by atoms with E-state index < -0.39 is 0 Å². The van der Waals surface area contributed by atoms with Crippen molar-refractivity contribution < 1.29 is 0 Å². The number of aromatic amines is 1. The Kier molecular flexibility index (Phi) is 3.18. The summed E-state index contributed by atoms with van der Waals surface area (Å²) in [6, 6.07) is 8.69. The molecule has 3 rings (SSSR count). The van der Waals surface area contributed by atoms with Crippen LogP contribution in [-0.2, 0) is 0 Å². The number of hydrogen-bond acceptors (Lipinski definition) is 2. The van der Waals surface area contributed by atoms with Gasteiger partial charge in [-0.3, -0.25) is 5.10 Å². The third-order valence-corrected chi connectivity index (χ3v) is 3.85. The normalized spacial score (nSPS) is 15.6. The molecule has 2 aromatic rings. The monoisotopic (exact) mass is 265 g/mol. The van der Waals surface area contributed by atoms with Gasteiger partial charge in [-0.2, -0.15) is 5.10 Å². The molecule has 20 heavy (non-hydrogen) atoms. The molecule has 0 amide bonds. The summed E-state index contributed by atoms with van der Waals surface area (Å²) in [5.74, 6) is 0. The number of nitrogens with one attached hydrogen (secondary N) is 1. The fourth-order valence-electron chi connectivity index (χ4n) is 2.59. The maximum atomic E-state index is 4.09. The number of H-pyrrole nitrogens is 1. The van der Waals surface area contributed by atoms with Crippen LogP contribution in [0.3, 0.4) is 0 Å². The molecule has 0 saturated heterocycles. The highest BCUT2D eigenvalue weighted by atomic mass is 15.1. The number of allylic oxidation sites excluding steroid dienone is 3. The van der Waals surface area contributed by atoms with Crippen molar-refractivity contribution in [2.45, 2.75) is 13.8 Å². The molecule has 3 heteroatoms. The molecule has 2 heterocycles. The lowest BCUT2D eigenvalue weighted by molar-refractivity contribution is 0.469. The maximum Gasteiger partial charge on any atom is 0.0565 e. The molecule has 0 unspecified atom stereocenters. The third-order valence-electron chi connectivity index (χ3n) is 3.85. The van der Waals surface area contributed by atoms with Gasteiger partial charge in [0, 0.05) is 31.0 Å². The van der Waals surface area contributed by atoms with E-state index in [0.717, 1.165) is 12.1 Å². The van der Waals surface area contributed by atoms with Crippen LogP contribution in [-0.4, -0.2) is 28.7 Å². The van der Waals surface area contributed by atoms with Gasteiger partial charge < -0.3 is 4.90 Å². The largest absolute Gasteiger partial charge is 0.374 e. The van der Waals surface area contributed by atoms with Crippen LogP contribution in [0.25, 0.3) is 11.1 Å². The molecular weight excluding hydrogens is 246 g/mol. The van der Waals surface area contributed by atoms with Crippen molar-refractivity contribution in [2.24, 2.45) is 0 Å². The molecule has 0 atom stereocenters. The van der Waals surface area contributed by atoms with Crippen LogP contribution in [0.1, 0.15) is 23.6 Å². The van der Waals surface area contributed by atoms with Crippen molar-refractivity contribution in [3.05, 3.63) is 65.1 Å². The number of likely N-dealkylation sites (N-methyl/N-ethyl adjacent to an activating group) is 1. The quantitative estimate of drug-likeness (QED) is 0.901. The van der Waals surface area contributed by atoms with Crippen LogP contribution < -0.4 is 0 Å². The van der Waals surface area contributed by atoms with Crippen LogP contribution in [0, 0.1) is 6.92 Å². The topological polar surface area (TPSA) is 31.9 Å². The Labute approximate surface area is 119 Å². The molecule has 1 N–H and O–H groups in total. The third kappa shape index (κ3) is 2.27. The molecule has 0 saturated carbocycles. The number of rotatable bonds is 2. The summed E-state index contributed by atoms with van der Waals surface area (Å²) in [5.41, 5.74) is 7.61. The van der Waals surface area contributed by atoms with Crippen LogP contribution in [0.4, 0.5) is 0 Å². The first-order valence-corrected chi connectivity index (χ1v) is 6.84. The number of aryl methyl sites for hydroxylation is 1. The van der Waals surface area contributed by atoms with E-state index in [1.54, 1.807) is 0 Å². The van der Waals surface area contributed by atoms with E-state index in [1.165, 1.54) is 28.0 Å². The fraction of sp³-hybridized carbons (Fsp3) is 0.235. The summed E-state index contributed by atoms with van der Waals surface area (Å²) in [5, 5.41) is 6.99. The van der Waals surface area contributed by atoms with Crippen molar-refractivity contribution in [1.82, 2.24) is 15.1 Å². The summed E-state index contributed by atoms with van der Waals surface area (Å²) >= 11 is 0. The van der Waals surface area contributed by atoms with E-state index in [2.05, 4.69) is 66.3 Å². The Morgan fingerprint density at radius 2 is 2.05 bits per heavy atom.